The molecule has 0 radical (unpaired) electrons. The zero-order chi connectivity index (χ0) is 18.9. The molecule has 3 atom stereocenters. The Morgan fingerprint density at radius 1 is 1.15 bits per heavy atom. The molecule has 0 spiro atoms. The molecule has 2 aliphatic heterocycles. The summed E-state index contributed by atoms with van der Waals surface area (Å²) in [6, 6.07) is 11.7. The summed E-state index contributed by atoms with van der Waals surface area (Å²) in [6.07, 6.45) is 3.91. The number of hydrogen-bond donors (Lipinski definition) is 2. The molecule has 1 aromatic carbocycles. The van der Waals surface area contributed by atoms with Crippen molar-refractivity contribution in [1.29, 1.82) is 0 Å². The van der Waals surface area contributed by atoms with Gasteiger partial charge in [-0.3, -0.25) is 9.89 Å². The molecule has 1 aromatic rings. The Kier molecular flexibility index (Phi) is 5.42. The molecule has 4 rings (SSSR count). The fraction of sp³-hybridized carbons (Fsp3) is 0.682. The van der Waals surface area contributed by atoms with Crippen LogP contribution < -0.4 is 10.6 Å². The van der Waals surface area contributed by atoms with Crippen LogP contribution in [0.2, 0.25) is 0 Å². The maximum atomic E-state index is 5.92. The average molecular weight is 371 g/mol. The quantitative estimate of drug-likeness (QED) is 0.632. The van der Waals surface area contributed by atoms with Crippen molar-refractivity contribution in [2.24, 2.45) is 16.3 Å². The number of aliphatic imine (C=N–C) groups is 1. The van der Waals surface area contributed by atoms with E-state index in [9.17, 15) is 0 Å². The standard InChI is InChI=1S/C22H34N4O/c1-22(2)19(18-11-14-27-20(18)22)25-21(23-3)24-17-9-12-26(13-10-17)15-16-7-5-4-6-8-16/h4-8,17-20H,9-15H2,1-3H3,(H2,23,24,25). The van der Waals surface area contributed by atoms with Gasteiger partial charge in [0.25, 0.3) is 0 Å². The molecule has 5 heteroatoms. The van der Waals surface area contributed by atoms with E-state index in [1.165, 1.54) is 12.0 Å². The molecule has 5 nitrogen and oxygen atoms in total. The second-order valence-electron chi connectivity index (χ2n) is 8.94. The van der Waals surface area contributed by atoms with Gasteiger partial charge in [-0.25, -0.2) is 0 Å². The molecule has 3 fully saturated rings. The number of nitrogens with one attached hydrogen (secondary N) is 2. The highest BCUT2D eigenvalue weighted by atomic mass is 16.5. The van der Waals surface area contributed by atoms with Crippen molar-refractivity contribution < 1.29 is 4.74 Å². The van der Waals surface area contributed by atoms with Crippen LogP contribution in [0.4, 0.5) is 0 Å². The first kappa shape index (κ1) is 18.8. The lowest BCUT2D eigenvalue weighted by atomic mass is 9.57. The summed E-state index contributed by atoms with van der Waals surface area (Å²) in [6.45, 7) is 8.86. The van der Waals surface area contributed by atoms with Crippen molar-refractivity contribution >= 4 is 5.96 Å². The molecular weight excluding hydrogens is 336 g/mol. The maximum Gasteiger partial charge on any atom is 0.191 e. The summed E-state index contributed by atoms with van der Waals surface area (Å²) < 4.78 is 5.92. The Hall–Kier alpha value is -1.59. The van der Waals surface area contributed by atoms with E-state index in [4.69, 9.17) is 4.74 Å². The monoisotopic (exact) mass is 370 g/mol. The van der Waals surface area contributed by atoms with E-state index in [2.05, 4.69) is 64.7 Å². The first-order valence-corrected chi connectivity index (χ1v) is 10.5. The highest BCUT2D eigenvalue weighted by Crippen LogP contribution is 2.52. The molecule has 1 aliphatic carbocycles. The van der Waals surface area contributed by atoms with Gasteiger partial charge in [0.2, 0.25) is 0 Å². The summed E-state index contributed by atoms with van der Waals surface area (Å²) in [7, 11) is 1.88. The maximum absolute atomic E-state index is 5.92. The Balaban J connectivity index is 1.25. The number of nitrogens with zero attached hydrogens (tertiary/aromatic N) is 2. The van der Waals surface area contributed by atoms with E-state index in [0.717, 1.165) is 45.0 Å². The summed E-state index contributed by atoms with van der Waals surface area (Å²) in [5, 5.41) is 7.39. The van der Waals surface area contributed by atoms with Crippen molar-refractivity contribution in [2.75, 3.05) is 26.7 Å². The van der Waals surface area contributed by atoms with Crippen molar-refractivity contribution in [3.05, 3.63) is 35.9 Å². The lowest BCUT2D eigenvalue weighted by Gasteiger charge is -2.55. The Morgan fingerprint density at radius 3 is 2.59 bits per heavy atom. The summed E-state index contributed by atoms with van der Waals surface area (Å²) in [5.74, 6) is 1.59. The van der Waals surface area contributed by atoms with Crippen LogP contribution in [0.5, 0.6) is 0 Å². The Labute approximate surface area is 163 Å². The van der Waals surface area contributed by atoms with E-state index in [-0.39, 0.29) is 5.41 Å². The molecule has 3 aliphatic rings. The van der Waals surface area contributed by atoms with E-state index in [1.807, 2.05) is 7.05 Å². The molecule has 148 valence electrons. The molecule has 0 bridgehead atoms. The molecule has 27 heavy (non-hydrogen) atoms. The summed E-state index contributed by atoms with van der Waals surface area (Å²) in [4.78, 5) is 7.07. The van der Waals surface area contributed by atoms with Crippen LogP contribution in [0, 0.1) is 11.3 Å². The average Bonchev–Trinajstić information content (AvgIpc) is 3.14. The molecule has 2 N–H and O–H groups in total. The third-order valence-corrected chi connectivity index (χ3v) is 6.79. The van der Waals surface area contributed by atoms with Crippen LogP contribution in [0.3, 0.4) is 0 Å². The van der Waals surface area contributed by atoms with Gasteiger partial charge in [0.15, 0.2) is 5.96 Å². The lowest BCUT2D eigenvalue weighted by Crippen LogP contribution is -2.68. The minimum atomic E-state index is 0.178. The van der Waals surface area contributed by atoms with Crippen molar-refractivity contribution in [1.82, 2.24) is 15.5 Å². The number of piperidine rings is 1. The number of rotatable bonds is 4. The third kappa shape index (κ3) is 3.85. The normalized spacial score (nSPS) is 31.2. The second kappa shape index (κ2) is 7.80. The highest BCUT2D eigenvalue weighted by Gasteiger charge is 2.59. The van der Waals surface area contributed by atoms with Gasteiger partial charge < -0.3 is 15.4 Å². The molecule has 0 amide bonds. The van der Waals surface area contributed by atoms with Crippen LogP contribution in [0.1, 0.15) is 38.7 Å². The van der Waals surface area contributed by atoms with Gasteiger partial charge >= 0.3 is 0 Å². The lowest BCUT2D eigenvalue weighted by molar-refractivity contribution is -0.106. The molecule has 3 unspecified atom stereocenters. The number of likely N-dealkylation sites (tertiary alicyclic amines) is 1. The van der Waals surface area contributed by atoms with Crippen LogP contribution in [0.25, 0.3) is 0 Å². The van der Waals surface area contributed by atoms with Crippen LogP contribution in [0.15, 0.2) is 35.3 Å². The van der Waals surface area contributed by atoms with Crippen LogP contribution in [-0.4, -0.2) is 55.8 Å². The molecule has 2 heterocycles. The van der Waals surface area contributed by atoms with E-state index in [0.29, 0.717) is 24.1 Å². The molecular formula is C22H34N4O. The number of guanidine groups is 1. The largest absolute Gasteiger partial charge is 0.377 e. The Morgan fingerprint density at radius 2 is 1.89 bits per heavy atom. The number of benzene rings is 1. The summed E-state index contributed by atoms with van der Waals surface area (Å²) in [5.41, 5.74) is 1.58. The summed E-state index contributed by atoms with van der Waals surface area (Å²) >= 11 is 0. The smallest absolute Gasteiger partial charge is 0.191 e. The first-order chi connectivity index (χ1) is 13.1. The van der Waals surface area contributed by atoms with Crippen molar-refractivity contribution in [3.8, 4) is 0 Å². The molecule has 1 saturated carbocycles. The van der Waals surface area contributed by atoms with Gasteiger partial charge in [-0.1, -0.05) is 44.2 Å². The SMILES string of the molecule is CN=C(NC1CCN(Cc2ccccc2)CC1)NC1C2CCOC2C1(C)C. The van der Waals surface area contributed by atoms with Gasteiger partial charge in [0, 0.05) is 56.7 Å². The van der Waals surface area contributed by atoms with Gasteiger partial charge in [0.05, 0.1) is 6.10 Å². The number of ether oxygens (including phenoxy) is 1. The van der Waals surface area contributed by atoms with Crippen LogP contribution >= 0.6 is 0 Å². The minimum absolute atomic E-state index is 0.178. The van der Waals surface area contributed by atoms with E-state index >= 15 is 0 Å². The predicted octanol–water partition coefficient (Wildman–Crippen LogP) is 2.63. The van der Waals surface area contributed by atoms with E-state index < -0.39 is 0 Å². The van der Waals surface area contributed by atoms with Crippen LogP contribution in [-0.2, 0) is 11.3 Å². The fourth-order valence-corrected chi connectivity index (χ4v) is 5.21. The predicted molar refractivity (Wildman–Crippen MR) is 110 cm³/mol. The van der Waals surface area contributed by atoms with E-state index in [1.54, 1.807) is 0 Å². The van der Waals surface area contributed by atoms with Crippen molar-refractivity contribution in [3.63, 3.8) is 0 Å². The van der Waals surface area contributed by atoms with Gasteiger partial charge in [0.1, 0.15) is 0 Å². The Bertz CT molecular complexity index is 652. The van der Waals surface area contributed by atoms with Crippen molar-refractivity contribution in [2.45, 2.75) is 57.8 Å². The van der Waals surface area contributed by atoms with Gasteiger partial charge in [-0.2, -0.15) is 0 Å². The first-order valence-electron chi connectivity index (χ1n) is 10.5. The number of fused-ring (bicyclic) bond motifs is 1. The second-order valence-corrected chi connectivity index (χ2v) is 8.94. The highest BCUT2D eigenvalue weighted by molar-refractivity contribution is 5.80. The fourth-order valence-electron chi connectivity index (χ4n) is 5.21. The van der Waals surface area contributed by atoms with Gasteiger partial charge in [-0.15, -0.1) is 0 Å². The van der Waals surface area contributed by atoms with Gasteiger partial charge in [-0.05, 0) is 24.8 Å². The minimum Gasteiger partial charge on any atom is -0.377 e. The topological polar surface area (TPSA) is 48.9 Å². The third-order valence-electron chi connectivity index (χ3n) is 6.79. The molecule has 0 aromatic heterocycles. The zero-order valence-corrected chi connectivity index (χ0v) is 16.9. The molecule has 2 saturated heterocycles. The zero-order valence-electron chi connectivity index (χ0n) is 16.9. The number of hydrogen-bond acceptors (Lipinski definition) is 3.